The Labute approximate surface area is 218 Å². The van der Waals surface area contributed by atoms with Crippen molar-refractivity contribution in [2.24, 2.45) is 0 Å². The van der Waals surface area contributed by atoms with Gasteiger partial charge in [0.2, 0.25) is 11.8 Å². The first-order valence-corrected chi connectivity index (χ1v) is 12.5. The van der Waals surface area contributed by atoms with Crippen LogP contribution in [-0.4, -0.2) is 54.6 Å². The molecule has 198 valence electrons. The van der Waals surface area contributed by atoms with Gasteiger partial charge >= 0.3 is 0 Å². The monoisotopic (exact) mass is 541 g/mol. The van der Waals surface area contributed by atoms with E-state index in [-0.39, 0.29) is 23.0 Å². The third-order valence-corrected chi connectivity index (χ3v) is 6.88. The largest absolute Gasteiger partial charge is 0.494 e. The number of aliphatic hydroxyl groups is 1. The molecular weight excluding hydrogens is 517 g/mol. The molecule has 0 saturated carbocycles. The van der Waals surface area contributed by atoms with E-state index in [2.05, 4.69) is 26.5 Å². The summed E-state index contributed by atoms with van der Waals surface area (Å²) < 4.78 is 59.8. The van der Waals surface area contributed by atoms with E-state index in [4.69, 9.17) is 14.2 Å². The maximum atomic E-state index is 13.3. The summed E-state index contributed by atoms with van der Waals surface area (Å²) >= 11 is 0. The Kier molecular flexibility index (Phi) is 7.60. The number of aromatic nitrogens is 4. The van der Waals surface area contributed by atoms with Crippen LogP contribution in [0.3, 0.4) is 0 Å². The van der Waals surface area contributed by atoms with Gasteiger partial charge in [0, 0.05) is 6.07 Å². The van der Waals surface area contributed by atoms with Gasteiger partial charge in [-0.3, -0.25) is 4.57 Å². The summed E-state index contributed by atoms with van der Waals surface area (Å²) in [5, 5.41) is 18.9. The molecule has 0 aliphatic rings. The molecule has 2 heterocycles. The SMILES string of the molecule is C=C([C@H](O)c1ccc(F)cc1)S(=O)(=O)Nc1nnc(-c2cccc(OC)n2)n1-c1c(OC)cccc1OC. The van der Waals surface area contributed by atoms with Crippen molar-refractivity contribution in [2.75, 3.05) is 26.1 Å². The Bertz CT molecular complexity index is 1550. The summed E-state index contributed by atoms with van der Waals surface area (Å²) in [4.78, 5) is 3.79. The molecule has 2 N–H and O–H groups in total. The van der Waals surface area contributed by atoms with Crippen LogP contribution in [0.5, 0.6) is 17.4 Å². The van der Waals surface area contributed by atoms with E-state index in [0.29, 0.717) is 23.1 Å². The van der Waals surface area contributed by atoms with Gasteiger partial charge in [-0.15, -0.1) is 10.2 Å². The molecule has 0 saturated heterocycles. The number of rotatable bonds is 10. The van der Waals surface area contributed by atoms with Crippen LogP contribution in [-0.2, 0) is 10.0 Å². The first kappa shape index (κ1) is 26.6. The summed E-state index contributed by atoms with van der Waals surface area (Å²) in [6.45, 7) is 3.55. The lowest BCUT2D eigenvalue weighted by Crippen LogP contribution is -2.21. The Morgan fingerprint density at radius 3 is 2.21 bits per heavy atom. The molecule has 4 rings (SSSR count). The molecular formula is C25H24FN5O6S. The molecule has 1 atom stereocenters. The number of anilines is 1. The predicted octanol–water partition coefficient (Wildman–Crippen LogP) is 3.48. The molecule has 2 aromatic heterocycles. The smallest absolute Gasteiger partial charge is 0.262 e. The number of methoxy groups -OCH3 is 3. The number of hydrogen-bond acceptors (Lipinski definition) is 9. The molecule has 38 heavy (non-hydrogen) atoms. The van der Waals surface area contributed by atoms with Crippen LogP contribution < -0.4 is 18.9 Å². The summed E-state index contributed by atoms with van der Waals surface area (Å²) in [6.07, 6.45) is -1.65. The van der Waals surface area contributed by atoms with Crippen molar-refractivity contribution in [2.45, 2.75) is 6.10 Å². The van der Waals surface area contributed by atoms with Gasteiger partial charge in [-0.25, -0.2) is 22.5 Å². The number of nitrogens with zero attached hydrogens (tertiary/aromatic N) is 4. The number of aliphatic hydroxyl groups excluding tert-OH is 1. The molecule has 2 aromatic carbocycles. The number of para-hydroxylation sites is 1. The number of sulfonamides is 1. The lowest BCUT2D eigenvalue weighted by atomic mass is 10.1. The molecule has 4 aromatic rings. The zero-order valence-corrected chi connectivity index (χ0v) is 21.4. The quantitative estimate of drug-likeness (QED) is 0.309. The van der Waals surface area contributed by atoms with Crippen LogP contribution in [0.25, 0.3) is 17.2 Å². The van der Waals surface area contributed by atoms with Gasteiger partial charge in [-0.05, 0) is 35.9 Å². The Hall–Kier alpha value is -4.49. The number of nitrogens with one attached hydrogen (secondary N) is 1. The van der Waals surface area contributed by atoms with Crippen LogP contribution in [0.4, 0.5) is 10.3 Å². The van der Waals surface area contributed by atoms with Gasteiger partial charge in [-0.2, -0.15) is 0 Å². The standard InChI is InChI=1S/C25H24FN5O6S/c1-15(23(32)16-11-13-17(26)14-12-16)38(33,34)30-25-29-28-24(18-7-5-10-21(27-18)37-4)31(25)22-19(35-2)8-6-9-20(22)36-3/h5-14,23,32H,1H2,2-4H3,(H,29,30)/t23-/m0/s1. The predicted molar refractivity (Wildman–Crippen MR) is 137 cm³/mol. The molecule has 11 nitrogen and oxygen atoms in total. The summed E-state index contributed by atoms with van der Waals surface area (Å²) in [7, 11) is -0.122. The molecule has 0 aliphatic carbocycles. The maximum absolute atomic E-state index is 13.3. The second-order valence-electron chi connectivity index (χ2n) is 7.78. The van der Waals surface area contributed by atoms with E-state index in [0.717, 1.165) is 12.1 Å². The average molecular weight is 542 g/mol. The first-order valence-electron chi connectivity index (χ1n) is 11.0. The normalized spacial score (nSPS) is 12.0. The van der Waals surface area contributed by atoms with E-state index >= 15 is 0 Å². The lowest BCUT2D eigenvalue weighted by Gasteiger charge is -2.19. The molecule has 0 aliphatic heterocycles. The Balaban J connectivity index is 1.85. The number of halogens is 1. The van der Waals surface area contributed by atoms with E-state index in [1.165, 1.54) is 38.0 Å². The van der Waals surface area contributed by atoms with Crippen molar-refractivity contribution >= 4 is 16.0 Å². The van der Waals surface area contributed by atoms with Gasteiger partial charge in [0.25, 0.3) is 10.0 Å². The van der Waals surface area contributed by atoms with Crippen LogP contribution in [0.1, 0.15) is 11.7 Å². The summed E-state index contributed by atoms with van der Waals surface area (Å²) in [5.74, 6) is 0.263. The first-order chi connectivity index (χ1) is 18.2. The molecule has 0 fully saturated rings. The van der Waals surface area contributed by atoms with E-state index in [1.54, 1.807) is 36.4 Å². The van der Waals surface area contributed by atoms with E-state index in [9.17, 15) is 17.9 Å². The van der Waals surface area contributed by atoms with Crippen molar-refractivity contribution in [1.29, 1.82) is 0 Å². The number of hydrogen-bond donors (Lipinski definition) is 2. The topological polar surface area (TPSA) is 138 Å². The molecule has 0 radical (unpaired) electrons. The number of benzene rings is 2. The highest BCUT2D eigenvalue weighted by Gasteiger charge is 2.29. The van der Waals surface area contributed by atoms with Gasteiger partial charge in [0.05, 0.1) is 26.2 Å². The van der Waals surface area contributed by atoms with E-state index < -0.39 is 26.8 Å². The van der Waals surface area contributed by atoms with Crippen molar-refractivity contribution in [3.05, 3.63) is 83.5 Å². The number of ether oxygens (including phenoxy) is 3. The van der Waals surface area contributed by atoms with Gasteiger partial charge in [0.15, 0.2) is 5.82 Å². The molecule has 0 unspecified atom stereocenters. The van der Waals surface area contributed by atoms with Crippen LogP contribution in [0, 0.1) is 5.82 Å². The zero-order chi connectivity index (χ0) is 27.4. The lowest BCUT2D eigenvalue weighted by molar-refractivity contribution is 0.223. The number of pyridine rings is 1. The highest BCUT2D eigenvalue weighted by Crippen LogP contribution is 2.38. The minimum absolute atomic E-state index is 0.133. The van der Waals surface area contributed by atoms with Crippen molar-refractivity contribution in [3.8, 4) is 34.6 Å². The highest BCUT2D eigenvalue weighted by molar-refractivity contribution is 7.96. The Morgan fingerprint density at radius 2 is 1.61 bits per heavy atom. The molecule has 0 bridgehead atoms. The van der Waals surface area contributed by atoms with Crippen LogP contribution in [0.15, 0.2) is 72.1 Å². The molecule has 13 heteroatoms. The van der Waals surface area contributed by atoms with Gasteiger partial charge < -0.3 is 19.3 Å². The minimum atomic E-state index is -4.46. The van der Waals surface area contributed by atoms with Gasteiger partial charge in [0.1, 0.15) is 34.8 Å². The fourth-order valence-corrected chi connectivity index (χ4v) is 4.53. The van der Waals surface area contributed by atoms with Gasteiger partial charge in [-0.1, -0.05) is 30.8 Å². The third kappa shape index (κ3) is 5.14. The van der Waals surface area contributed by atoms with E-state index in [1.807, 2.05) is 0 Å². The van der Waals surface area contributed by atoms with Crippen molar-refractivity contribution in [1.82, 2.24) is 19.7 Å². The van der Waals surface area contributed by atoms with Crippen molar-refractivity contribution < 1.29 is 32.1 Å². The summed E-state index contributed by atoms with van der Waals surface area (Å²) in [5.41, 5.74) is 0.723. The zero-order valence-electron chi connectivity index (χ0n) is 20.6. The average Bonchev–Trinajstić information content (AvgIpc) is 3.34. The second-order valence-corrected chi connectivity index (χ2v) is 9.52. The third-order valence-electron chi connectivity index (χ3n) is 5.51. The highest BCUT2D eigenvalue weighted by atomic mass is 32.2. The van der Waals surface area contributed by atoms with Crippen molar-refractivity contribution in [3.63, 3.8) is 0 Å². The van der Waals surface area contributed by atoms with Crippen LogP contribution >= 0.6 is 0 Å². The maximum Gasteiger partial charge on any atom is 0.262 e. The Morgan fingerprint density at radius 1 is 0.974 bits per heavy atom. The second kappa shape index (κ2) is 10.9. The summed E-state index contributed by atoms with van der Waals surface area (Å²) in [6, 6.07) is 14.7. The fourth-order valence-electron chi connectivity index (χ4n) is 3.60. The molecule has 0 spiro atoms. The van der Waals surface area contributed by atoms with Crippen LogP contribution in [0.2, 0.25) is 0 Å². The fraction of sp³-hybridized carbons (Fsp3) is 0.160. The molecule has 0 amide bonds. The minimum Gasteiger partial charge on any atom is -0.494 e.